The van der Waals surface area contributed by atoms with E-state index in [1.807, 2.05) is 18.2 Å². The molecule has 0 aromatic heterocycles. The van der Waals surface area contributed by atoms with Gasteiger partial charge in [-0.25, -0.2) is 0 Å². The molecule has 0 spiro atoms. The van der Waals surface area contributed by atoms with Gasteiger partial charge in [-0.2, -0.15) is 0 Å². The molecule has 1 unspecified atom stereocenters. The number of rotatable bonds is 2. The zero-order valence-corrected chi connectivity index (χ0v) is 17.1. The number of carbonyl (C=O) groups excluding carboxylic acids is 1. The lowest BCUT2D eigenvalue weighted by molar-refractivity contribution is -0.123. The monoisotopic (exact) mass is 379 g/mol. The molecule has 0 saturated heterocycles. The van der Waals surface area contributed by atoms with E-state index in [1.54, 1.807) is 6.08 Å². The fraction of sp³-hybridized carbons (Fsp3) is 0.640. The van der Waals surface area contributed by atoms with Crippen LogP contribution in [0.4, 0.5) is 0 Å². The molecule has 0 radical (unpaired) electrons. The average molecular weight is 380 g/mol. The van der Waals surface area contributed by atoms with Gasteiger partial charge >= 0.3 is 0 Å². The molecule has 2 N–H and O–H groups in total. The molecule has 150 valence electrons. The molecule has 3 aliphatic carbocycles. The van der Waals surface area contributed by atoms with Crippen molar-refractivity contribution in [3.05, 3.63) is 48.0 Å². The molecular formula is C25H33NO2. The number of fused-ring (bicyclic) bond motifs is 5. The third kappa shape index (κ3) is 2.55. The highest BCUT2D eigenvalue weighted by atomic mass is 16.3. The SMILES string of the molecule is C[C@]12C=CC(=O)N[C@@H]1CC[C@@H]1[C@@H]2CC[C@]2(C)[C@@H](C(O)c3ccccc3)CC[C@@H]12. The van der Waals surface area contributed by atoms with Crippen LogP contribution in [0.5, 0.6) is 0 Å². The van der Waals surface area contributed by atoms with Crippen molar-refractivity contribution in [2.75, 3.05) is 0 Å². The number of nitrogens with one attached hydrogen (secondary N) is 1. The summed E-state index contributed by atoms with van der Waals surface area (Å²) >= 11 is 0. The summed E-state index contributed by atoms with van der Waals surface area (Å²) in [5.74, 6) is 2.49. The zero-order chi connectivity index (χ0) is 19.5. The summed E-state index contributed by atoms with van der Waals surface area (Å²) in [6.45, 7) is 4.84. The molecule has 1 amide bonds. The van der Waals surface area contributed by atoms with E-state index in [2.05, 4.69) is 37.4 Å². The van der Waals surface area contributed by atoms with Crippen LogP contribution in [0, 0.1) is 34.5 Å². The van der Waals surface area contributed by atoms with Gasteiger partial charge in [0.2, 0.25) is 5.91 Å². The normalized spacial score (nSPS) is 45.5. The number of hydrogen-bond donors (Lipinski definition) is 2. The summed E-state index contributed by atoms with van der Waals surface area (Å²) in [6, 6.07) is 10.5. The van der Waals surface area contributed by atoms with E-state index < -0.39 is 0 Å². The van der Waals surface area contributed by atoms with Crippen LogP contribution in [-0.4, -0.2) is 17.1 Å². The molecule has 8 atom stereocenters. The van der Waals surface area contributed by atoms with Crippen molar-refractivity contribution < 1.29 is 9.90 Å². The number of amides is 1. The Labute approximate surface area is 168 Å². The van der Waals surface area contributed by atoms with Crippen LogP contribution in [0.3, 0.4) is 0 Å². The third-order valence-electron chi connectivity index (χ3n) is 9.28. The molecule has 3 fully saturated rings. The molecule has 4 aliphatic rings. The quantitative estimate of drug-likeness (QED) is 0.787. The van der Waals surface area contributed by atoms with E-state index in [1.165, 1.54) is 25.7 Å². The van der Waals surface area contributed by atoms with Crippen LogP contribution >= 0.6 is 0 Å². The van der Waals surface area contributed by atoms with E-state index in [9.17, 15) is 9.90 Å². The molecule has 1 heterocycles. The Morgan fingerprint density at radius 3 is 2.61 bits per heavy atom. The Hall–Kier alpha value is -1.61. The maximum Gasteiger partial charge on any atom is 0.243 e. The smallest absolute Gasteiger partial charge is 0.243 e. The number of aliphatic hydroxyl groups is 1. The Morgan fingerprint density at radius 1 is 1.04 bits per heavy atom. The molecule has 0 bridgehead atoms. The molecular weight excluding hydrogens is 346 g/mol. The zero-order valence-electron chi connectivity index (χ0n) is 17.1. The largest absolute Gasteiger partial charge is 0.388 e. The van der Waals surface area contributed by atoms with Crippen molar-refractivity contribution in [3.63, 3.8) is 0 Å². The van der Waals surface area contributed by atoms with Crippen LogP contribution in [0.2, 0.25) is 0 Å². The highest BCUT2D eigenvalue weighted by Crippen LogP contribution is 2.66. The summed E-state index contributed by atoms with van der Waals surface area (Å²) in [7, 11) is 0. The fourth-order valence-electron chi connectivity index (χ4n) is 7.78. The second-order valence-electron chi connectivity index (χ2n) is 10.3. The second kappa shape index (κ2) is 6.45. The Kier molecular flexibility index (Phi) is 4.24. The summed E-state index contributed by atoms with van der Waals surface area (Å²) in [5, 5.41) is 14.5. The lowest BCUT2D eigenvalue weighted by Gasteiger charge is -2.59. The van der Waals surface area contributed by atoms with E-state index in [0.717, 1.165) is 18.4 Å². The highest BCUT2D eigenvalue weighted by molar-refractivity contribution is 5.89. The van der Waals surface area contributed by atoms with Gasteiger partial charge in [0.1, 0.15) is 0 Å². The van der Waals surface area contributed by atoms with Crippen LogP contribution in [0.1, 0.15) is 64.0 Å². The van der Waals surface area contributed by atoms with Crippen molar-refractivity contribution in [1.29, 1.82) is 0 Å². The summed E-state index contributed by atoms with van der Waals surface area (Å²) in [5.41, 5.74) is 1.39. The van der Waals surface area contributed by atoms with Gasteiger partial charge in [0, 0.05) is 11.5 Å². The van der Waals surface area contributed by atoms with Crippen molar-refractivity contribution in [3.8, 4) is 0 Å². The van der Waals surface area contributed by atoms with Gasteiger partial charge in [-0.05, 0) is 79.3 Å². The van der Waals surface area contributed by atoms with Crippen LogP contribution in [0.25, 0.3) is 0 Å². The molecule has 1 aliphatic heterocycles. The van der Waals surface area contributed by atoms with Gasteiger partial charge in [-0.3, -0.25) is 4.79 Å². The molecule has 3 nitrogen and oxygen atoms in total. The van der Waals surface area contributed by atoms with E-state index in [-0.39, 0.29) is 22.8 Å². The summed E-state index contributed by atoms with van der Waals surface area (Å²) < 4.78 is 0. The number of aliphatic hydroxyl groups excluding tert-OH is 1. The van der Waals surface area contributed by atoms with Gasteiger partial charge < -0.3 is 10.4 Å². The minimum Gasteiger partial charge on any atom is -0.388 e. The van der Waals surface area contributed by atoms with Gasteiger partial charge in [-0.1, -0.05) is 50.3 Å². The van der Waals surface area contributed by atoms with Gasteiger partial charge in [0.15, 0.2) is 0 Å². The molecule has 3 saturated carbocycles. The first kappa shape index (κ1) is 18.4. The minimum atomic E-state index is -0.353. The molecule has 3 heteroatoms. The van der Waals surface area contributed by atoms with Gasteiger partial charge in [0.25, 0.3) is 0 Å². The van der Waals surface area contributed by atoms with Crippen LogP contribution in [0.15, 0.2) is 42.5 Å². The topological polar surface area (TPSA) is 49.3 Å². The van der Waals surface area contributed by atoms with E-state index in [0.29, 0.717) is 29.7 Å². The summed E-state index contributed by atoms with van der Waals surface area (Å²) in [4.78, 5) is 11.9. The highest BCUT2D eigenvalue weighted by Gasteiger charge is 2.60. The van der Waals surface area contributed by atoms with E-state index in [4.69, 9.17) is 0 Å². The maximum atomic E-state index is 11.9. The number of benzene rings is 1. The van der Waals surface area contributed by atoms with E-state index >= 15 is 0 Å². The standard InChI is InChI=1S/C25H33NO2/c1-24-14-12-19-17(8-11-21-25(19,2)15-13-22(27)26-21)18(24)9-10-20(24)23(28)16-6-4-3-5-7-16/h3-7,13,15,17-21,23,28H,8-12,14H2,1-2H3,(H,26,27)/t17-,18-,19-,20+,21+,23?,24-,25+/m0/s1. The molecule has 1 aromatic rings. The Morgan fingerprint density at radius 2 is 1.82 bits per heavy atom. The Balaban J connectivity index is 1.43. The molecule has 1 aromatic carbocycles. The molecule has 28 heavy (non-hydrogen) atoms. The van der Waals surface area contributed by atoms with Crippen molar-refractivity contribution >= 4 is 5.91 Å². The van der Waals surface area contributed by atoms with Gasteiger partial charge in [0.05, 0.1) is 6.10 Å². The number of carbonyl (C=O) groups is 1. The first-order valence-corrected chi connectivity index (χ1v) is 11.2. The second-order valence-corrected chi connectivity index (χ2v) is 10.3. The first-order chi connectivity index (χ1) is 13.4. The predicted octanol–water partition coefficient (Wildman–Crippen LogP) is 4.63. The van der Waals surface area contributed by atoms with Gasteiger partial charge in [-0.15, -0.1) is 0 Å². The Bertz CT molecular complexity index is 789. The lowest BCUT2D eigenvalue weighted by Crippen LogP contribution is -2.59. The molecule has 5 rings (SSSR count). The number of hydrogen-bond acceptors (Lipinski definition) is 2. The van der Waals surface area contributed by atoms with Crippen LogP contribution in [-0.2, 0) is 4.79 Å². The summed E-state index contributed by atoms with van der Waals surface area (Å²) in [6.07, 6.45) is 10.7. The van der Waals surface area contributed by atoms with Crippen molar-refractivity contribution in [2.45, 2.75) is 64.5 Å². The maximum absolute atomic E-state index is 11.9. The fourth-order valence-corrected chi connectivity index (χ4v) is 7.78. The first-order valence-electron chi connectivity index (χ1n) is 11.2. The predicted molar refractivity (Wildman–Crippen MR) is 110 cm³/mol. The minimum absolute atomic E-state index is 0.0773. The van der Waals surface area contributed by atoms with Crippen molar-refractivity contribution in [1.82, 2.24) is 5.32 Å². The van der Waals surface area contributed by atoms with Crippen LogP contribution < -0.4 is 5.32 Å². The van der Waals surface area contributed by atoms with Crippen molar-refractivity contribution in [2.24, 2.45) is 34.5 Å². The average Bonchev–Trinajstić information content (AvgIpc) is 3.06. The lowest BCUT2D eigenvalue weighted by atomic mass is 9.47. The third-order valence-corrected chi connectivity index (χ3v) is 9.28.